The number of carboxylic acids is 1. The van der Waals surface area contributed by atoms with Crippen LogP contribution in [0.25, 0.3) is 0 Å². The van der Waals surface area contributed by atoms with Crippen molar-refractivity contribution in [3.8, 4) is 0 Å². The number of rotatable bonds is 6. The molecular weight excluding hydrogens is 212 g/mol. The van der Waals surface area contributed by atoms with Gasteiger partial charge in [0, 0.05) is 26.1 Å². The Balaban J connectivity index is 1.97. The van der Waals surface area contributed by atoms with Crippen LogP contribution in [0, 0.1) is 0 Å². The van der Waals surface area contributed by atoms with Gasteiger partial charge in [-0.1, -0.05) is 0 Å². The summed E-state index contributed by atoms with van der Waals surface area (Å²) in [7, 11) is 1.66. The first-order valence-electron chi connectivity index (χ1n) is 5.40. The second-order valence-corrected chi connectivity index (χ2v) is 3.92. The van der Waals surface area contributed by atoms with E-state index in [-0.39, 0.29) is 24.6 Å². The standard InChI is InChI=1S/C10H18N2O4/c1-16-8-5-7(6-8)12-10(15)11-4-2-3-9(13)14/h7-8H,2-6H2,1H3,(H,13,14)(H2,11,12,15). The van der Waals surface area contributed by atoms with E-state index in [1.54, 1.807) is 7.11 Å². The molecule has 1 fully saturated rings. The van der Waals surface area contributed by atoms with Crippen LogP contribution < -0.4 is 10.6 Å². The maximum absolute atomic E-state index is 11.3. The van der Waals surface area contributed by atoms with Crippen molar-refractivity contribution in [2.75, 3.05) is 13.7 Å². The van der Waals surface area contributed by atoms with Crippen molar-refractivity contribution in [2.24, 2.45) is 0 Å². The molecule has 16 heavy (non-hydrogen) atoms. The third-order valence-corrected chi connectivity index (χ3v) is 2.62. The zero-order valence-corrected chi connectivity index (χ0v) is 9.36. The van der Waals surface area contributed by atoms with Crippen LogP contribution in [0.2, 0.25) is 0 Å². The molecule has 0 bridgehead atoms. The zero-order chi connectivity index (χ0) is 12.0. The van der Waals surface area contributed by atoms with Crippen LogP contribution in [0.1, 0.15) is 25.7 Å². The van der Waals surface area contributed by atoms with Crippen molar-refractivity contribution < 1.29 is 19.4 Å². The van der Waals surface area contributed by atoms with Crippen molar-refractivity contribution in [3.63, 3.8) is 0 Å². The van der Waals surface area contributed by atoms with Crippen molar-refractivity contribution in [2.45, 2.75) is 37.8 Å². The molecule has 0 aromatic rings. The molecule has 0 radical (unpaired) electrons. The fraction of sp³-hybridized carbons (Fsp3) is 0.800. The highest BCUT2D eigenvalue weighted by Crippen LogP contribution is 2.22. The normalized spacial score (nSPS) is 23.3. The second kappa shape index (κ2) is 6.32. The third kappa shape index (κ3) is 4.48. The fourth-order valence-electron chi connectivity index (χ4n) is 1.55. The molecule has 1 saturated carbocycles. The minimum Gasteiger partial charge on any atom is -0.481 e. The van der Waals surface area contributed by atoms with Crippen LogP contribution in [0.5, 0.6) is 0 Å². The molecule has 0 unspecified atom stereocenters. The summed E-state index contributed by atoms with van der Waals surface area (Å²) in [5, 5.41) is 13.8. The lowest BCUT2D eigenvalue weighted by molar-refractivity contribution is -0.137. The van der Waals surface area contributed by atoms with Gasteiger partial charge in [0.15, 0.2) is 0 Å². The Morgan fingerprint density at radius 2 is 2.12 bits per heavy atom. The van der Waals surface area contributed by atoms with Crippen molar-refractivity contribution >= 4 is 12.0 Å². The van der Waals surface area contributed by atoms with Gasteiger partial charge in [-0.3, -0.25) is 4.79 Å². The van der Waals surface area contributed by atoms with Gasteiger partial charge < -0.3 is 20.5 Å². The van der Waals surface area contributed by atoms with Gasteiger partial charge in [-0.25, -0.2) is 4.79 Å². The highest BCUT2D eigenvalue weighted by molar-refractivity contribution is 5.74. The lowest BCUT2D eigenvalue weighted by Gasteiger charge is -2.34. The Hall–Kier alpha value is -1.30. The van der Waals surface area contributed by atoms with Crippen LogP contribution in [0.15, 0.2) is 0 Å². The molecule has 0 heterocycles. The summed E-state index contributed by atoms with van der Waals surface area (Å²) in [6.07, 6.45) is 2.49. The molecule has 0 aromatic heterocycles. The molecule has 1 aliphatic rings. The Morgan fingerprint density at radius 3 is 2.69 bits per heavy atom. The summed E-state index contributed by atoms with van der Waals surface area (Å²) in [4.78, 5) is 21.5. The van der Waals surface area contributed by atoms with Gasteiger partial charge in [0.25, 0.3) is 0 Å². The van der Waals surface area contributed by atoms with E-state index in [0.29, 0.717) is 13.0 Å². The number of carbonyl (C=O) groups excluding carboxylic acids is 1. The first-order chi connectivity index (χ1) is 7.61. The van der Waals surface area contributed by atoms with Gasteiger partial charge >= 0.3 is 12.0 Å². The number of nitrogens with one attached hydrogen (secondary N) is 2. The van der Waals surface area contributed by atoms with E-state index in [2.05, 4.69) is 10.6 Å². The Kier molecular flexibility index (Phi) is 5.04. The second-order valence-electron chi connectivity index (χ2n) is 3.92. The summed E-state index contributed by atoms with van der Waals surface area (Å²) in [5.74, 6) is -0.843. The average Bonchev–Trinajstić information content (AvgIpc) is 2.17. The number of urea groups is 1. The summed E-state index contributed by atoms with van der Waals surface area (Å²) in [5.41, 5.74) is 0. The molecular formula is C10H18N2O4. The van der Waals surface area contributed by atoms with Gasteiger partial charge in [-0.2, -0.15) is 0 Å². The molecule has 0 spiro atoms. The van der Waals surface area contributed by atoms with E-state index in [0.717, 1.165) is 12.8 Å². The summed E-state index contributed by atoms with van der Waals surface area (Å²) >= 11 is 0. The third-order valence-electron chi connectivity index (χ3n) is 2.62. The predicted molar refractivity (Wildman–Crippen MR) is 57.2 cm³/mol. The number of amides is 2. The molecule has 0 atom stereocenters. The van der Waals surface area contributed by atoms with Crippen LogP contribution in [-0.4, -0.2) is 42.9 Å². The number of carboxylic acid groups (broad SMARTS) is 1. The minimum absolute atomic E-state index is 0.0788. The first kappa shape index (κ1) is 12.8. The number of hydrogen-bond acceptors (Lipinski definition) is 3. The molecule has 6 nitrogen and oxygen atoms in total. The predicted octanol–water partition coefficient (Wildman–Crippen LogP) is 0.328. The van der Waals surface area contributed by atoms with Gasteiger partial charge in [-0.15, -0.1) is 0 Å². The number of carbonyl (C=O) groups is 2. The Morgan fingerprint density at radius 1 is 1.44 bits per heavy atom. The van der Waals surface area contributed by atoms with Gasteiger partial charge in [0.05, 0.1) is 6.10 Å². The smallest absolute Gasteiger partial charge is 0.315 e. The van der Waals surface area contributed by atoms with Crippen molar-refractivity contribution in [1.29, 1.82) is 0 Å². The Labute approximate surface area is 94.3 Å². The lowest BCUT2D eigenvalue weighted by atomic mass is 9.89. The van der Waals surface area contributed by atoms with Gasteiger partial charge in [0.1, 0.15) is 0 Å². The summed E-state index contributed by atoms with van der Waals surface area (Å²) in [6, 6.07) is -0.0469. The summed E-state index contributed by atoms with van der Waals surface area (Å²) < 4.78 is 5.09. The highest BCUT2D eigenvalue weighted by Gasteiger charge is 2.29. The largest absolute Gasteiger partial charge is 0.481 e. The van der Waals surface area contributed by atoms with E-state index in [9.17, 15) is 9.59 Å². The van der Waals surface area contributed by atoms with Crippen LogP contribution in [-0.2, 0) is 9.53 Å². The molecule has 1 rings (SSSR count). The summed E-state index contributed by atoms with van der Waals surface area (Å²) in [6.45, 7) is 0.387. The van der Waals surface area contributed by atoms with E-state index >= 15 is 0 Å². The number of hydrogen-bond donors (Lipinski definition) is 3. The molecule has 6 heteroatoms. The van der Waals surface area contributed by atoms with E-state index < -0.39 is 5.97 Å². The maximum Gasteiger partial charge on any atom is 0.315 e. The minimum atomic E-state index is -0.843. The molecule has 2 amide bonds. The monoisotopic (exact) mass is 230 g/mol. The van der Waals surface area contributed by atoms with Crippen LogP contribution in [0.3, 0.4) is 0 Å². The molecule has 0 saturated heterocycles. The van der Waals surface area contributed by atoms with Crippen LogP contribution in [0.4, 0.5) is 4.79 Å². The van der Waals surface area contributed by atoms with Gasteiger partial charge in [0.2, 0.25) is 0 Å². The van der Waals surface area contributed by atoms with E-state index in [4.69, 9.17) is 9.84 Å². The van der Waals surface area contributed by atoms with E-state index in [1.165, 1.54) is 0 Å². The van der Waals surface area contributed by atoms with Crippen molar-refractivity contribution in [1.82, 2.24) is 10.6 Å². The molecule has 0 aliphatic heterocycles. The maximum atomic E-state index is 11.3. The van der Waals surface area contributed by atoms with E-state index in [1.807, 2.05) is 0 Å². The van der Waals surface area contributed by atoms with Crippen molar-refractivity contribution in [3.05, 3.63) is 0 Å². The molecule has 3 N–H and O–H groups in total. The average molecular weight is 230 g/mol. The molecule has 0 aromatic carbocycles. The highest BCUT2D eigenvalue weighted by atomic mass is 16.5. The fourth-order valence-corrected chi connectivity index (χ4v) is 1.55. The van der Waals surface area contributed by atoms with Gasteiger partial charge in [-0.05, 0) is 19.3 Å². The lowest BCUT2D eigenvalue weighted by Crippen LogP contribution is -2.50. The quantitative estimate of drug-likeness (QED) is 0.574. The SMILES string of the molecule is COC1CC(NC(=O)NCCCC(=O)O)C1. The number of aliphatic carboxylic acids is 1. The molecule has 92 valence electrons. The topological polar surface area (TPSA) is 87.7 Å². The zero-order valence-electron chi connectivity index (χ0n) is 9.36. The first-order valence-corrected chi connectivity index (χ1v) is 5.40. The molecule has 1 aliphatic carbocycles. The van der Waals surface area contributed by atoms with Crippen LogP contribution >= 0.6 is 0 Å². The Bertz CT molecular complexity index is 251. The number of methoxy groups -OCH3 is 1. The number of ether oxygens (including phenoxy) is 1.